The molecule has 3 nitrogen and oxygen atoms in total. The van der Waals surface area contributed by atoms with Crippen LogP contribution in [0.25, 0.3) is 0 Å². The van der Waals surface area contributed by atoms with Gasteiger partial charge < -0.3 is 9.84 Å². The topological polar surface area (TPSA) is 46.5 Å². The Kier molecular flexibility index (Phi) is 29.2. The summed E-state index contributed by atoms with van der Waals surface area (Å²) in [6, 6.07) is 0. The van der Waals surface area contributed by atoms with Crippen molar-refractivity contribution in [1.29, 1.82) is 0 Å². The van der Waals surface area contributed by atoms with Gasteiger partial charge in [0.15, 0.2) is 6.10 Å². The highest BCUT2D eigenvalue weighted by atomic mass is 16.5. The van der Waals surface area contributed by atoms with Crippen LogP contribution in [-0.4, -0.2) is 23.8 Å². The van der Waals surface area contributed by atoms with Crippen LogP contribution in [0.15, 0.2) is 0 Å². The summed E-state index contributed by atoms with van der Waals surface area (Å²) in [6.45, 7) is 5.15. The molecular weight excluding hydrogens is 432 g/mol. The van der Waals surface area contributed by atoms with E-state index in [2.05, 4.69) is 13.8 Å². The molecule has 0 aromatic heterocycles. The third kappa shape index (κ3) is 27.9. The Labute approximate surface area is 220 Å². The van der Waals surface area contributed by atoms with Gasteiger partial charge in [0, 0.05) is 6.61 Å². The highest BCUT2D eigenvalue weighted by molar-refractivity contribution is 5.72. The van der Waals surface area contributed by atoms with Gasteiger partial charge in [-0.3, -0.25) is 0 Å². The van der Waals surface area contributed by atoms with Crippen molar-refractivity contribution >= 4 is 5.97 Å². The molecule has 0 saturated heterocycles. The Morgan fingerprint density at radius 3 is 1.09 bits per heavy atom. The molecule has 0 radical (unpaired) electrons. The molecule has 210 valence electrons. The predicted molar refractivity (Wildman–Crippen MR) is 153 cm³/mol. The lowest BCUT2D eigenvalue weighted by Gasteiger charge is -2.13. The molecule has 0 amide bonds. The van der Waals surface area contributed by atoms with Crippen molar-refractivity contribution in [3.63, 3.8) is 0 Å². The fraction of sp³-hybridized carbons (Fsp3) is 0.969. The first-order chi connectivity index (χ1) is 17.2. The lowest BCUT2D eigenvalue weighted by Crippen LogP contribution is -2.24. The SMILES string of the molecule is CCCCCCCCCCCCCCCCCCOC(CCCCCCCCCCCC)C(=O)O. The van der Waals surface area contributed by atoms with Gasteiger partial charge in [0.05, 0.1) is 0 Å². The Morgan fingerprint density at radius 1 is 0.486 bits per heavy atom. The van der Waals surface area contributed by atoms with Gasteiger partial charge in [-0.05, 0) is 12.8 Å². The second-order valence-electron chi connectivity index (χ2n) is 11.0. The van der Waals surface area contributed by atoms with E-state index in [1.807, 2.05) is 0 Å². The normalized spacial score (nSPS) is 12.3. The molecule has 0 fully saturated rings. The summed E-state index contributed by atoms with van der Waals surface area (Å²) < 4.78 is 5.71. The van der Waals surface area contributed by atoms with E-state index in [0.717, 1.165) is 19.3 Å². The van der Waals surface area contributed by atoms with Gasteiger partial charge in [0.25, 0.3) is 0 Å². The quantitative estimate of drug-likeness (QED) is 0.101. The summed E-state index contributed by atoms with van der Waals surface area (Å²) in [5, 5.41) is 9.43. The molecular formula is C32H64O3. The lowest BCUT2D eigenvalue weighted by atomic mass is 10.0. The largest absolute Gasteiger partial charge is 0.479 e. The molecule has 1 atom stereocenters. The molecule has 0 rings (SSSR count). The number of hydrogen-bond acceptors (Lipinski definition) is 2. The molecule has 0 aliphatic carbocycles. The fourth-order valence-electron chi connectivity index (χ4n) is 4.97. The van der Waals surface area contributed by atoms with Gasteiger partial charge >= 0.3 is 5.97 Å². The van der Waals surface area contributed by atoms with E-state index in [1.165, 1.54) is 148 Å². The van der Waals surface area contributed by atoms with Crippen LogP contribution < -0.4 is 0 Å². The maximum absolute atomic E-state index is 11.5. The lowest BCUT2D eigenvalue weighted by molar-refractivity contribution is -0.151. The van der Waals surface area contributed by atoms with E-state index in [9.17, 15) is 9.90 Å². The van der Waals surface area contributed by atoms with Crippen LogP contribution in [0.1, 0.15) is 187 Å². The minimum Gasteiger partial charge on any atom is -0.479 e. The fourth-order valence-corrected chi connectivity index (χ4v) is 4.97. The second-order valence-corrected chi connectivity index (χ2v) is 11.0. The molecule has 0 aliphatic heterocycles. The van der Waals surface area contributed by atoms with Crippen LogP contribution in [0.3, 0.4) is 0 Å². The Balaban J connectivity index is 3.37. The highest BCUT2D eigenvalue weighted by Crippen LogP contribution is 2.15. The summed E-state index contributed by atoms with van der Waals surface area (Å²) in [7, 11) is 0. The van der Waals surface area contributed by atoms with E-state index < -0.39 is 12.1 Å². The zero-order chi connectivity index (χ0) is 25.7. The van der Waals surface area contributed by atoms with Crippen molar-refractivity contribution in [2.75, 3.05) is 6.61 Å². The summed E-state index contributed by atoms with van der Waals surface area (Å²) in [5.41, 5.74) is 0. The monoisotopic (exact) mass is 496 g/mol. The van der Waals surface area contributed by atoms with Crippen molar-refractivity contribution in [1.82, 2.24) is 0 Å². The first-order valence-corrected chi connectivity index (χ1v) is 16.1. The zero-order valence-corrected chi connectivity index (χ0v) is 24.1. The standard InChI is InChI=1S/C32H64O3/c1-3-5-7-9-11-13-15-16-17-18-19-20-22-24-26-28-30-35-31(32(33)34)29-27-25-23-21-14-12-10-8-6-4-2/h31H,3-30H2,1-2H3,(H,33,34). The number of carboxylic acid groups (broad SMARTS) is 1. The molecule has 0 aromatic rings. The minimum absolute atomic E-state index is 0.597. The van der Waals surface area contributed by atoms with Crippen molar-refractivity contribution < 1.29 is 14.6 Å². The van der Waals surface area contributed by atoms with E-state index in [1.54, 1.807) is 0 Å². The molecule has 0 saturated carbocycles. The van der Waals surface area contributed by atoms with Gasteiger partial charge in [-0.2, -0.15) is 0 Å². The number of ether oxygens (including phenoxy) is 1. The van der Waals surface area contributed by atoms with E-state index in [-0.39, 0.29) is 0 Å². The van der Waals surface area contributed by atoms with E-state index >= 15 is 0 Å². The molecule has 1 N–H and O–H groups in total. The summed E-state index contributed by atoms with van der Waals surface area (Å²) in [6.07, 6.45) is 34.5. The number of carboxylic acids is 1. The van der Waals surface area contributed by atoms with Gasteiger partial charge in [-0.25, -0.2) is 4.79 Å². The highest BCUT2D eigenvalue weighted by Gasteiger charge is 2.17. The Morgan fingerprint density at radius 2 is 0.771 bits per heavy atom. The molecule has 0 spiro atoms. The minimum atomic E-state index is -0.780. The zero-order valence-electron chi connectivity index (χ0n) is 24.1. The van der Waals surface area contributed by atoms with E-state index in [4.69, 9.17) is 4.74 Å². The molecule has 3 heteroatoms. The van der Waals surface area contributed by atoms with Crippen LogP contribution in [0.2, 0.25) is 0 Å². The predicted octanol–water partition coefficient (Wildman–Crippen LogP) is 11.0. The maximum atomic E-state index is 11.5. The van der Waals surface area contributed by atoms with Crippen molar-refractivity contribution in [2.24, 2.45) is 0 Å². The summed E-state index contributed by atoms with van der Waals surface area (Å²) >= 11 is 0. The van der Waals surface area contributed by atoms with Crippen molar-refractivity contribution in [2.45, 2.75) is 193 Å². The van der Waals surface area contributed by atoms with Crippen molar-refractivity contribution in [3.8, 4) is 0 Å². The van der Waals surface area contributed by atoms with Crippen LogP contribution in [-0.2, 0) is 9.53 Å². The maximum Gasteiger partial charge on any atom is 0.332 e. The second kappa shape index (κ2) is 29.7. The van der Waals surface area contributed by atoms with Crippen LogP contribution in [0, 0.1) is 0 Å². The molecule has 0 bridgehead atoms. The number of hydrogen-bond donors (Lipinski definition) is 1. The number of aliphatic carboxylic acids is 1. The van der Waals surface area contributed by atoms with Gasteiger partial charge in [0.1, 0.15) is 0 Å². The third-order valence-electron chi connectivity index (χ3n) is 7.41. The van der Waals surface area contributed by atoms with Gasteiger partial charge in [-0.1, -0.05) is 174 Å². The summed E-state index contributed by atoms with van der Waals surface area (Å²) in [5.74, 6) is -0.780. The Bertz CT molecular complexity index is 410. The molecule has 1 unspecified atom stereocenters. The third-order valence-corrected chi connectivity index (χ3v) is 7.41. The van der Waals surface area contributed by atoms with Gasteiger partial charge in [-0.15, -0.1) is 0 Å². The number of rotatable bonds is 30. The number of carbonyl (C=O) groups is 1. The molecule has 0 heterocycles. The Hall–Kier alpha value is -0.570. The van der Waals surface area contributed by atoms with Crippen molar-refractivity contribution in [3.05, 3.63) is 0 Å². The molecule has 0 aliphatic rings. The smallest absolute Gasteiger partial charge is 0.332 e. The molecule has 0 aromatic carbocycles. The van der Waals surface area contributed by atoms with Crippen LogP contribution >= 0.6 is 0 Å². The van der Waals surface area contributed by atoms with E-state index in [0.29, 0.717) is 13.0 Å². The summed E-state index contributed by atoms with van der Waals surface area (Å²) in [4.78, 5) is 11.5. The van der Waals surface area contributed by atoms with Crippen LogP contribution in [0.4, 0.5) is 0 Å². The average molecular weight is 497 g/mol. The number of unbranched alkanes of at least 4 members (excludes halogenated alkanes) is 24. The molecule has 35 heavy (non-hydrogen) atoms. The first kappa shape index (κ1) is 34.4. The first-order valence-electron chi connectivity index (χ1n) is 16.1. The van der Waals surface area contributed by atoms with Crippen LogP contribution in [0.5, 0.6) is 0 Å². The average Bonchev–Trinajstić information content (AvgIpc) is 2.85. The van der Waals surface area contributed by atoms with Gasteiger partial charge in [0.2, 0.25) is 0 Å².